The summed E-state index contributed by atoms with van der Waals surface area (Å²) >= 11 is 7.32. The maximum atomic E-state index is 12.9. The van der Waals surface area contributed by atoms with Crippen LogP contribution in [-0.2, 0) is 17.6 Å². The van der Waals surface area contributed by atoms with Crippen molar-refractivity contribution in [3.05, 3.63) is 67.4 Å². The lowest BCUT2D eigenvalue weighted by Gasteiger charge is -2.33. The van der Waals surface area contributed by atoms with Crippen molar-refractivity contribution in [3.63, 3.8) is 0 Å². The van der Waals surface area contributed by atoms with E-state index in [1.165, 1.54) is 27.8 Å². The average molecular weight is 618 g/mol. The molecule has 192 valence electrons. The van der Waals surface area contributed by atoms with Crippen LogP contribution in [0.25, 0.3) is 6.08 Å². The van der Waals surface area contributed by atoms with Gasteiger partial charge in [0.15, 0.2) is 0 Å². The summed E-state index contributed by atoms with van der Waals surface area (Å²) in [6.07, 6.45) is 12.0. The average Bonchev–Trinajstić information content (AvgIpc) is 2.85. The Morgan fingerprint density at radius 1 is 1.03 bits per heavy atom. The van der Waals surface area contributed by atoms with Gasteiger partial charge in [-0.2, -0.15) is 0 Å². The number of aromatic nitrogens is 1. The fourth-order valence-electron chi connectivity index (χ4n) is 5.19. The molecule has 2 aliphatic heterocycles. The van der Waals surface area contributed by atoms with Gasteiger partial charge in [-0.15, -0.1) is 0 Å². The lowest BCUT2D eigenvalue weighted by molar-refractivity contribution is -0.132. The Balaban J connectivity index is 1.35. The van der Waals surface area contributed by atoms with Gasteiger partial charge >= 0.3 is 6.03 Å². The first-order valence-corrected chi connectivity index (χ1v) is 14.3. The van der Waals surface area contributed by atoms with Crippen molar-refractivity contribution in [1.29, 1.82) is 0 Å². The monoisotopic (exact) mass is 616 g/mol. The molecule has 0 atom stereocenters. The number of nitrogens with two attached hydrogens (primary N) is 1. The summed E-state index contributed by atoms with van der Waals surface area (Å²) in [5.41, 5.74) is 11.8. The predicted molar refractivity (Wildman–Crippen MR) is 151 cm³/mol. The number of benzene rings is 1. The molecule has 2 N–H and O–H groups in total. The second-order valence-corrected chi connectivity index (χ2v) is 11.8. The molecule has 0 radical (unpaired) electrons. The number of piperidine rings is 2. The number of primary amides is 1. The summed E-state index contributed by atoms with van der Waals surface area (Å²) in [6.45, 7) is 4.99. The minimum absolute atomic E-state index is 0.242. The van der Waals surface area contributed by atoms with E-state index in [2.05, 4.69) is 68.0 Å². The van der Waals surface area contributed by atoms with Crippen molar-refractivity contribution in [1.82, 2.24) is 14.8 Å². The van der Waals surface area contributed by atoms with E-state index in [1.807, 2.05) is 17.3 Å². The highest BCUT2D eigenvalue weighted by Gasteiger charge is 2.26. The molecule has 1 aromatic heterocycles. The molecule has 8 heteroatoms. The highest BCUT2D eigenvalue weighted by Crippen LogP contribution is 2.30. The zero-order chi connectivity index (χ0) is 25.7. The van der Waals surface area contributed by atoms with E-state index in [1.54, 1.807) is 4.90 Å². The molecule has 2 aromatic rings. The number of pyridine rings is 1. The number of urea groups is 1. The predicted octanol–water partition coefficient (Wildman–Crippen LogP) is 5.89. The van der Waals surface area contributed by atoms with E-state index in [4.69, 9.17) is 5.73 Å². The second-order valence-electron chi connectivity index (χ2n) is 9.99. The van der Waals surface area contributed by atoms with E-state index in [0.717, 1.165) is 60.6 Å². The number of aryl methyl sites for hydroxylation is 3. The first-order chi connectivity index (χ1) is 17.3. The molecule has 0 spiro atoms. The molecule has 2 saturated heterocycles. The van der Waals surface area contributed by atoms with Crippen LogP contribution in [0.1, 0.15) is 54.4 Å². The number of hydrogen-bond donors (Lipinski definition) is 1. The van der Waals surface area contributed by atoms with Gasteiger partial charge < -0.3 is 15.5 Å². The van der Waals surface area contributed by atoms with E-state index in [0.29, 0.717) is 25.4 Å². The Morgan fingerprint density at radius 2 is 1.75 bits per heavy atom. The Kier molecular flexibility index (Phi) is 9.23. The van der Waals surface area contributed by atoms with Crippen LogP contribution in [0.2, 0.25) is 0 Å². The van der Waals surface area contributed by atoms with E-state index >= 15 is 0 Å². The van der Waals surface area contributed by atoms with Gasteiger partial charge in [0.05, 0.1) is 0 Å². The number of likely N-dealkylation sites (tertiary alicyclic amines) is 2. The number of hydrogen-bond acceptors (Lipinski definition) is 3. The quantitative estimate of drug-likeness (QED) is 0.439. The van der Waals surface area contributed by atoms with Crippen LogP contribution in [0.15, 0.2) is 45.1 Å². The molecule has 3 amide bonds. The van der Waals surface area contributed by atoms with Crippen molar-refractivity contribution in [2.24, 2.45) is 11.7 Å². The molecule has 6 nitrogen and oxygen atoms in total. The molecule has 2 fully saturated rings. The maximum Gasteiger partial charge on any atom is 0.314 e. The standard InChI is InChI=1S/C28H34Br2N4O2/c1-19-12-23(3-2-22-14-24(29)18-32-17-22)25(26(30)13-19)15-20-4-8-33(9-5-20)27(35)16-21-6-10-34(11-7-21)28(31)36/h12-15,17-18,21H,2-11,16H2,1H3,(H2,31,36). The van der Waals surface area contributed by atoms with Crippen LogP contribution in [0.5, 0.6) is 0 Å². The third-order valence-electron chi connectivity index (χ3n) is 7.30. The van der Waals surface area contributed by atoms with Crippen LogP contribution in [0.4, 0.5) is 4.79 Å². The summed E-state index contributed by atoms with van der Waals surface area (Å²) in [7, 11) is 0. The van der Waals surface area contributed by atoms with Crippen LogP contribution in [0.3, 0.4) is 0 Å². The van der Waals surface area contributed by atoms with Gasteiger partial charge in [0.2, 0.25) is 5.91 Å². The van der Waals surface area contributed by atoms with Gasteiger partial charge in [-0.3, -0.25) is 9.78 Å². The Labute approximate surface area is 230 Å². The van der Waals surface area contributed by atoms with Gasteiger partial charge in [-0.1, -0.05) is 33.6 Å². The Morgan fingerprint density at radius 3 is 2.42 bits per heavy atom. The minimum atomic E-state index is -0.358. The summed E-state index contributed by atoms with van der Waals surface area (Å²) in [5, 5.41) is 0. The summed E-state index contributed by atoms with van der Waals surface area (Å²) in [5.74, 6) is 0.586. The van der Waals surface area contributed by atoms with Crippen LogP contribution >= 0.6 is 31.9 Å². The van der Waals surface area contributed by atoms with Crippen LogP contribution in [-0.4, -0.2) is 52.9 Å². The first kappa shape index (κ1) is 26.9. The Bertz CT molecular complexity index is 1130. The van der Waals surface area contributed by atoms with Gasteiger partial charge in [0, 0.05) is 53.9 Å². The molecular weight excluding hydrogens is 584 g/mol. The molecule has 2 aliphatic rings. The topological polar surface area (TPSA) is 79.5 Å². The largest absolute Gasteiger partial charge is 0.351 e. The number of nitrogens with zero attached hydrogens (tertiary/aromatic N) is 3. The van der Waals surface area contributed by atoms with Gasteiger partial charge in [0.1, 0.15) is 0 Å². The molecule has 1 aromatic carbocycles. The Hall–Kier alpha value is -2.19. The van der Waals surface area contributed by atoms with E-state index in [-0.39, 0.29) is 11.9 Å². The van der Waals surface area contributed by atoms with Crippen molar-refractivity contribution in [3.8, 4) is 0 Å². The zero-order valence-electron chi connectivity index (χ0n) is 20.8. The molecule has 0 bridgehead atoms. The minimum Gasteiger partial charge on any atom is -0.351 e. The van der Waals surface area contributed by atoms with Crippen molar-refractivity contribution in [2.45, 2.75) is 51.9 Å². The van der Waals surface area contributed by atoms with Crippen molar-refractivity contribution < 1.29 is 9.59 Å². The van der Waals surface area contributed by atoms with Gasteiger partial charge in [0.25, 0.3) is 0 Å². The number of carbonyl (C=O) groups excluding carboxylic acids is 2. The lowest BCUT2D eigenvalue weighted by atomic mass is 9.92. The fourth-order valence-corrected chi connectivity index (χ4v) is 6.33. The van der Waals surface area contributed by atoms with Gasteiger partial charge in [-0.05, 0) is 102 Å². The second kappa shape index (κ2) is 12.4. The lowest BCUT2D eigenvalue weighted by Crippen LogP contribution is -2.43. The maximum absolute atomic E-state index is 12.9. The normalized spacial score (nSPS) is 16.8. The fraction of sp³-hybridized carbons (Fsp3) is 0.464. The molecule has 36 heavy (non-hydrogen) atoms. The molecular formula is C28H34Br2N4O2. The molecule has 3 heterocycles. The third-order valence-corrected chi connectivity index (χ3v) is 8.39. The van der Waals surface area contributed by atoms with Crippen molar-refractivity contribution >= 4 is 49.9 Å². The number of carbonyl (C=O) groups is 2. The van der Waals surface area contributed by atoms with Crippen LogP contribution < -0.4 is 5.73 Å². The zero-order valence-corrected chi connectivity index (χ0v) is 24.0. The highest BCUT2D eigenvalue weighted by molar-refractivity contribution is 9.10. The van der Waals surface area contributed by atoms with Gasteiger partial charge in [-0.25, -0.2) is 4.79 Å². The smallest absolute Gasteiger partial charge is 0.314 e. The van der Waals surface area contributed by atoms with Crippen LogP contribution in [0, 0.1) is 12.8 Å². The third kappa shape index (κ3) is 7.19. The summed E-state index contributed by atoms with van der Waals surface area (Å²) in [6, 6.07) is 6.23. The molecule has 0 aliphatic carbocycles. The number of amides is 3. The molecule has 0 unspecified atom stereocenters. The number of rotatable bonds is 6. The first-order valence-electron chi connectivity index (χ1n) is 12.7. The SMILES string of the molecule is Cc1cc(Br)c(C=C2CCN(C(=O)CC3CCN(C(N)=O)CC3)CC2)c(CCc2cncc(Br)c2)c1. The van der Waals surface area contributed by atoms with E-state index in [9.17, 15) is 9.59 Å². The molecule has 4 rings (SSSR count). The summed E-state index contributed by atoms with van der Waals surface area (Å²) < 4.78 is 2.13. The van der Waals surface area contributed by atoms with Crippen molar-refractivity contribution in [2.75, 3.05) is 26.2 Å². The number of halogens is 2. The highest BCUT2D eigenvalue weighted by atomic mass is 79.9. The summed E-state index contributed by atoms with van der Waals surface area (Å²) in [4.78, 5) is 32.2. The molecule has 0 saturated carbocycles. The van der Waals surface area contributed by atoms with E-state index < -0.39 is 0 Å².